The molecule has 1 heterocycles. The van der Waals surface area contributed by atoms with Crippen LogP contribution in [0.2, 0.25) is 0 Å². The molecule has 0 aliphatic rings. The lowest BCUT2D eigenvalue weighted by atomic mass is 10.1. The van der Waals surface area contributed by atoms with Crippen molar-refractivity contribution in [2.45, 2.75) is 26.8 Å². The summed E-state index contributed by atoms with van der Waals surface area (Å²) >= 11 is 0. The fourth-order valence-corrected chi connectivity index (χ4v) is 2.65. The number of fused-ring (bicyclic) bond motifs is 1. The molecule has 0 aliphatic heterocycles. The predicted octanol–water partition coefficient (Wildman–Crippen LogP) is 3.18. The van der Waals surface area contributed by atoms with Crippen LogP contribution in [-0.2, 0) is 11.3 Å². The highest BCUT2D eigenvalue weighted by atomic mass is 19.1. The van der Waals surface area contributed by atoms with Gasteiger partial charge in [-0.15, -0.1) is 0 Å². The van der Waals surface area contributed by atoms with E-state index in [2.05, 4.69) is 10.3 Å². The second-order valence-corrected chi connectivity index (χ2v) is 6.00. The first-order valence-electron chi connectivity index (χ1n) is 7.96. The van der Waals surface area contributed by atoms with Crippen LogP contribution in [0.1, 0.15) is 17.5 Å². The van der Waals surface area contributed by atoms with Crippen molar-refractivity contribution in [3.8, 4) is 0 Å². The summed E-state index contributed by atoms with van der Waals surface area (Å²) in [6.07, 6.45) is 1.49. The largest absolute Gasteiger partial charge is 0.324 e. The van der Waals surface area contributed by atoms with Crippen molar-refractivity contribution in [2.75, 3.05) is 5.32 Å². The van der Waals surface area contributed by atoms with E-state index < -0.39 is 5.82 Å². The first-order valence-corrected chi connectivity index (χ1v) is 7.96. The smallest absolute Gasteiger partial charge is 0.261 e. The van der Waals surface area contributed by atoms with Crippen molar-refractivity contribution in [2.24, 2.45) is 0 Å². The second kappa shape index (κ2) is 6.84. The van der Waals surface area contributed by atoms with Gasteiger partial charge in [0.05, 0.1) is 22.9 Å². The zero-order valence-electron chi connectivity index (χ0n) is 14.0. The molecule has 3 rings (SSSR count). The van der Waals surface area contributed by atoms with Gasteiger partial charge in [0.1, 0.15) is 5.82 Å². The molecule has 25 heavy (non-hydrogen) atoms. The molecule has 2 aromatic carbocycles. The van der Waals surface area contributed by atoms with E-state index in [1.807, 2.05) is 13.0 Å². The number of carbonyl (C=O) groups excluding carboxylic acids is 1. The molecule has 0 radical (unpaired) electrons. The fraction of sp³-hybridized carbons (Fsp3) is 0.211. The molecule has 0 bridgehead atoms. The third kappa shape index (κ3) is 3.57. The van der Waals surface area contributed by atoms with Gasteiger partial charge in [-0.2, -0.15) is 0 Å². The SMILES string of the molecule is Cc1ccc(NC(=O)CCn2cnc3c(C)cccc3c2=O)c(F)c1. The average Bonchev–Trinajstić information content (AvgIpc) is 2.57. The summed E-state index contributed by atoms with van der Waals surface area (Å²) in [4.78, 5) is 28.8. The minimum absolute atomic E-state index is 0.0478. The van der Waals surface area contributed by atoms with Crippen molar-refractivity contribution in [1.82, 2.24) is 9.55 Å². The zero-order valence-corrected chi connectivity index (χ0v) is 14.0. The normalized spacial score (nSPS) is 10.8. The third-order valence-electron chi connectivity index (χ3n) is 4.03. The van der Waals surface area contributed by atoms with Crippen LogP contribution in [0.4, 0.5) is 10.1 Å². The lowest BCUT2D eigenvalue weighted by molar-refractivity contribution is -0.116. The van der Waals surface area contributed by atoms with E-state index in [9.17, 15) is 14.0 Å². The molecule has 0 aliphatic carbocycles. The maximum Gasteiger partial charge on any atom is 0.261 e. The first-order chi connectivity index (χ1) is 12.0. The summed E-state index contributed by atoms with van der Waals surface area (Å²) in [7, 11) is 0. The summed E-state index contributed by atoms with van der Waals surface area (Å²) in [5.74, 6) is -0.840. The van der Waals surface area contributed by atoms with Crippen LogP contribution in [0, 0.1) is 19.7 Å². The van der Waals surface area contributed by atoms with Gasteiger partial charge in [0.25, 0.3) is 5.56 Å². The van der Waals surface area contributed by atoms with Gasteiger partial charge in [-0.05, 0) is 43.2 Å². The molecule has 0 saturated carbocycles. The van der Waals surface area contributed by atoms with E-state index in [4.69, 9.17) is 0 Å². The molecule has 6 heteroatoms. The number of nitrogens with one attached hydrogen (secondary N) is 1. The molecule has 128 valence electrons. The topological polar surface area (TPSA) is 64.0 Å². The standard InChI is InChI=1S/C19H18FN3O2/c1-12-6-7-16(15(20)10-12)22-17(24)8-9-23-11-21-18-13(2)4-3-5-14(18)19(23)25/h3-7,10-11H,8-9H2,1-2H3,(H,22,24). The van der Waals surface area contributed by atoms with E-state index in [-0.39, 0.29) is 30.1 Å². The minimum atomic E-state index is -0.478. The van der Waals surface area contributed by atoms with E-state index in [0.717, 1.165) is 11.1 Å². The summed E-state index contributed by atoms with van der Waals surface area (Å²) in [5, 5.41) is 3.04. The number of hydrogen-bond acceptors (Lipinski definition) is 3. The maximum absolute atomic E-state index is 13.8. The Hall–Kier alpha value is -3.02. The van der Waals surface area contributed by atoms with Crippen LogP contribution in [0.3, 0.4) is 0 Å². The molecule has 0 unspecified atom stereocenters. The molecule has 1 amide bonds. The van der Waals surface area contributed by atoms with E-state index in [1.54, 1.807) is 25.1 Å². The number of amides is 1. The maximum atomic E-state index is 13.8. The molecule has 0 atom stereocenters. The number of para-hydroxylation sites is 1. The number of hydrogen-bond donors (Lipinski definition) is 1. The van der Waals surface area contributed by atoms with Crippen LogP contribution in [0.15, 0.2) is 47.5 Å². The van der Waals surface area contributed by atoms with Gasteiger partial charge in [-0.25, -0.2) is 9.37 Å². The third-order valence-corrected chi connectivity index (χ3v) is 4.03. The Kier molecular flexibility index (Phi) is 4.61. The predicted molar refractivity (Wildman–Crippen MR) is 95.1 cm³/mol. The van der Waals surface area contributed by atoms with Crippen molar-refractivity contribution in [3.63, 3.8) is 0 Å². The Morgan fingerprint density at radius 2 is 2.04 bits per heavy atom. The highest BCUT2D eigenvalue weighted by Gasteiger charge is 2.10. The van der Waals surface area contributed by atoms with Crippen LogP contribution in [0.5, 0.6) is 0 Å². The molecule has 0 spiro atoms. The van der Waals surface area contributed by atoms with Crippen LogP contribution in [0.25, 0.3) is 10.9 Å². The monoisotopic (exact) mass is 339 g/mol. The Morgan fingerprint density at radius 1 is 1.24 bits per heavy atom. The van der Waals surface area contributed by atoms with Crippen molar-refractivity contribution < 1.29 is 9.18 Å². The Balaban J connectivity index is 1.73. The van der Waals surface area contributed by atoms with Crippen LogP contribution >= 0.6 is 0 Å². The number of aryl methyl sites for hydroxylation is 3. The molecular weight excluding hydrogens is 321 g/mol. The number of aromatic nitrogens is 2. The lowest BCUT2D eigenvalue weighted by Gasteiger charge is -2.09. The summed E-state index contributed by atoms with van der Waals surface area (Å²) in [6, 6.07) is 10.0. The van der Waals surface area contributed by atoms with Gasteiger partial charge >= 0.3 is 0 Å². The molecule has 0 saturated heterocycles. The van der Waals surface area contributed by atoms with Gasteiger partial charge in [0, 0.05) is 13.0 Å². The van der Waals surface area contributed by atoms with Gasteiger partial charge in [0.15, 0.2) is 0 Å². The number of halogens is 1. The van der Waals surface area contributed by atoms with Crippen LogP contribution in [-0.4, -0.2) is 15.5 Å². The number of carbonyl (C=O) groups is 1. The first kappa shape index (κ1) is 16.8. The Bertz CT molecular complexity index is 1010. The number of nitrogens with zero attached hydrogens (tertiary/aromatic N) is 2. The average molecular weight is 339 g/mol. The fourth-order valence-electron chi connectivity index (χ4n) is 2.65. The molecular formula is C19H18FN3O2. The molecule has 1 aromatic heterocycles. The highest BCUT2D eigenvalue weighted by Crippen LogP contribution is 2.15. The van der Waals surface area contributed by atoms with E-state index in [0.29, 0.717) is 10.9 Å². The van der Waals surface area contributed by atoms with E-state index >= 15 is 0 Å². The Labute approximate surface area is 144 Å². The lowest BCUT2D eigenvalue weighted by Crippen LogP contribution is -2.24. The number of rotatable bonds is 4. The van der Waals surface area contributed by atoms with Gasteiger partial charge in [-0.1, -0.05) is 18.2 Å². The molecule has 1 N–H and O–H groups in total. The number of anilines is 1. The highest BCUT2D eigenvalue weighted by molar-refractivity contribution is 5.90. The minimum Gasteiger partial charge on any atom is -0.324 e. The Morgan fingerprint density at radius 3 is 2.80 bits per heavy atom. The molecule has 0 fully saturated rings. The summed E-state index contributed by atoms with van der Waals surface area (Å²) in [5.41, 5.74) is 2.31. The van der Waals surface area contributed by atoms with Gasteiger partial charge in [-0.3, -0.25) is 14.2 Å². The zero-order chi connectivity index (χ0) is 18.0. The van der Waals surface area contributed by atoms with Gasteiger partial charge in [0.2, 0.25) is 5.91 Å². The summed E-state index contributed by atoms with van der Waals surface area (Å²) < 4.78 is 15.2. The quantitative estimate of drug-likeness (QED) is 0.794. The van der Waals surface area contributed by atoms with Crippen molar-refractivity contribution in [1.29, 1.82) is 0 Å². The van der Waals surface area contributed by atoms with Gasteiger partial charge < -0.3 is 5.32 Å². The van der Waals surface area contributed by atoms with Crippen LogP contribution < -0.4 is 10.9 Å². The molecule has 3 aromatic rings. The summed E-state index contributed by atoms with van der Waals surface area (Å²) in [6.45, 7) is 3.84. The van der Waals surface area contributed by atoms with E-state index in [1.165, 1.54) is 23.0 Å². The van der Waals surface area contributed by atoms with Crippen molar-refractivity contribution >= 4 is 22.5 Å². The molecule has 5 nitrogen and oxygen atoms in total. The second-order valence-electron chi connectivity index (χ2n) is 6.00. The van der Waals surface area contributed by atoms with Crippen molar-refractivity contribution in [3.05, 3.63) is 70.0 Å². The number of benzene rings is 2.